The Hall–Kier alpha value is -1.43. The highest BCUT2D eigenvalue weighted by atomic mass is 16.5. The maximum absolute atomic E-state index is 11.5. The van der Waals surface area contributed by atoms with Crippen LogP contribution >= 0.6 is 0 Å². The maximum atomic E-state index is 11.5. The van der Waals surface area contributed by atoms with E-state index >= 15 is 0 Å². The predicted molar refractivity (Wildman–Crippen MR) is 63.2 cm³/mol. The third kappa shape index (κ3) is 4.95. The van der Waals surface area contributed by atoms with Crippen molar-refractivity contribution in [1.82, 2.24) is 20.8 Å². The molecular weight excluding hydrogens is 220 g/mol. The average molecular weight is 240 g/mol. The van der Waals surface area contributed by atoms with Gasteiger partial charge in [-0.05, 0) is 19.8 Å². The molecule has 0 bridgehead atoms. The van der Waals surface area contributed by atoms with Gasteiger partial charge in [0.15, 0.2) is 5.82 Å². The van der Waals surface area contributed by atoms with Gasteiger partial charge < -0.3 is 9.84 Å². The van der Waals surface area contributed by atoms with Crippen LogP contribution in [0.5, 0.6) is 0 Å². The van der Waals surface area contributed by atoms with Gasteiger partial charge in [0.2, 0.25) is 11.8 Å². The highest BCUT2D eigenvalue weighted by Gasteiger charge is 2.10. The number of amides is 1. The van der Waals surface area contributed by atoms with Crippen LogP contribution < -0.4 is 10.6 Å². The number of carbonyl (C=O) groups excluding carboxylic acids is 1. The van der Waals surface area contributed by atoms with E-state index in [0.29, 0.717) is 24.2 Å². The minimum absolute atomic E-state index is 0.0255. The Bertz CT molecular complexity index is 362. The van der Waals surface area contributed by atoms with Crippen molar-refractivity contribution in [3.63, 3.8) is 0 Å². The molecule has 0 spiro atoms. The molecule has 96 valence electrons. The molecule has 0 aromatic carbocycles. The Labute approximate surface area is 101 Å². The van der Waals surface area contributed by atoms with Crippen molar-refractivity contribution in [3.8, 4) is 0 Å². The van der Waals surface area contributed by atoms with Gasteiger partial charge >= 0.3 is 0 Å². The van der Waals surface area contributed by atoms with E-state index in [2.05, 4.69) is 34.6 Å². The van der Waals surface area contributed by atoms with Gasteiger partial charge in [-0.25, -0.2) is 0 Å². The quantitative estimate of drug-likeness (QED) is 0.762. The molecule has 1 rings (SSSR count). The molecule has 1 heterocycles. The van der Waals surface area contributed by atoms with Crippen LogP contribution in [0.15, 0.2) is 4.52 Å². The van der Waals surface area contributed by atoms with Gasteiger partial charge in [-0.15, -0.1) is 0 Å². The van der Waals surface area contributed by atoms with E-state index in [1.807, 2.05) is 6.92 Å². The topological polar surface area (TPSA) is 80.0 Å². The summed E-state index contributed by atoms with van der Waals surface area (Å²) in [5.74, 6) is 1.49. The third-order valence-corrected chi connectivity index (χ3v) is 2.52. The summed E-state index contributed by atoms with van der Waals surface area (Å²) < 4.78 is 4.91. The first-order valence-corrected chi connectivity index (χ1v) is 5.78. The Morgan fingerprint density at radius 1 is 1.41 bits per heavy atom. The first-order valence-electron chi connectivity index (χ1n) is 5.78. The first kappa shape index (κ1) is 13.6. The smallest absolute Gasteiger partial charge is 0.240 e. The van der Waals surface area contributed by atoms with E-state index in [9.17, 15) is 4.79 Å². The number of aromatic nitrogens is 2. The number of rotatable bonds is 6. The SMILES string of the molecule is Cc1noc(CNCC(=O)NC(C)C(C)C)n1. The number of carbonyl (C=O) groups is 1. The van der Waals surface area contributed by atoms with Crippen molar-refractivity contribution in [3.05, 3.63) is 11.7 Å². The summed E-state index contributed by atoms with van der Waals surface area (Å²) in [7, 11) is 0. The van der Waals surface area contributed by atoms with Gasteiger partial charge in [0.1, 0.15) is 0 Å². The number of hydrogen-bond donors (Lipinski definition) is 2. The molecule has 1 aromatic heterocycles. The van der Waals surface area contributed by atoms with Crippen molar-refractivity contribution < 1.29 is 9.32 Å². The van der Waals surface area contributed by atoms with Crippen LogP contribution in [-0.2, 0) is 11.3 Å². The number of hydrogen-bond acceptors (Lipinski definition) is 5. The van der Waals surface area contributed by atoms with E-state index in [1.165, 1.54) is 0 Å². The number of aryl methyl sites for hydroxylation is 1. The molecule has 6 heteroatoms. The largest absolute Gasteiger partial charge is 0.352 e. The van der Waals surface area contributed by atoms with Crippen molar-refractivity contribution >= 4 is 5.91 Å². The molecule has 1 amide bonds. The molecule has 2 N–H and O–H groups in total. The van der Waals surface area contributed by atoms with Gasteiger partial charge in [-0.2, -0.15) is 4.98 Å². The zero-order valence-electron chi connectivity index (χ0n) is 10.8. The summed E-state index contributed by atoms with van der Waals surface area (Å²) in [5, 5.41) is 9.51. The fourth-order valence-corrected chi connectivity index (χ4v) is 1.17. The van der Waals surface area contributed by atoms with Crippen LogP contribution in [0.2, 0.25) is 0 Å². The molecule has 1 unspecified atom stereocenters. The number of nitrogens with one attached hydrogen (secondary N) is 2. The highest BCUT2D eigenvalue weighted by Crippen LogP contribution is 1.99. The van der Waals surface area contributed by atoms with Crippen LogP contribution in [0.3, 0.4) is 0 Å². The lowest BCUT2D eigenvalue weighted by Gasteiger charge is -2.17. The van der Waals surface area contributed by atoms with E-state index < -0.39 is 0 Å². The van der Waals surface area contributed by atoms with Crippen molar-refractivity contribution in [2.45, 2.75) is 40.3 Å². The molecule has 1 aromatic rings. The lowest BCUT2D eigenvalue weighted by Crippen LogP contribution is -2.41. The van der Waals surface area contributed by atoms with Crippen molar-refractivity contribution in [1.29, 1.82) is 0 Å². The summed E-state index contributed by atoms with van der Waals surface area (Å²) >= 11 is 0. The van der Waals surface area contributed by atoms with Crippen molar-refractivity contribution in [2.75, 3.05) is 6.54 Å². The normalized spacial score (nSPS) is 12.8. The fourth-order valence-electron chi connectivity index (χ4n) is 1.17. The minimum Gasteiger partial charge on any atom is -0.352 e. The molecule has 0 saturated carbocycles. The van der Waals surface area contributed by atoms with Crippen molar-refractivity contribution in [2.24, 2.45) is 5.92 Å². The lowest BCUT2D eigenvalue weighted by molar-refractivity contribution is -0.121. The Balaban J connectivity index is 2.20. The van der Waals surface area contributed by atoms with Crippen LogP contribution in [0, 0.1) is 12.8 Å². The Morgan fingerprint density at radius 2 is 2.12 bits per heavy atom. The minimum atomic E-state index is -0.0255. The molecule has 1 atom stereocenters. The van der Waals surface area contributed by atoms with Gasteiger partial charge in [0, 0.05) is 6.04 Å². The summed E-state index contributed by atoms with van der Waals surface area (Å²) in [6.07, 6.45) is 0. The second-order valence-electron chi connectivity index (χ2n) is 4.44. The van der Waals surface area contributed by atoms with Gasteiger partial charge in [-0.3, -0.25) is 10.1 Å². The average Bonchev–Trinajstić information content (AvgIpc) is 2.64. The molecule has 0 saturated heterocycles. The predicted octanol–water partition coefficient (Wildman–Crippen LogP) is 0.628. The fraction of sp³-hybridized carbons (Fsp3) is 0.727. The van der Waals surface area contributed by atoms with Gasteiger partial charge in [0.25, 0.3) is 0 Å². The molecule has 0 fully saturated rings. The standard InChI is InChI=1S/C11H20N4O2/c1-7(2)8(3)13-10(16)5-12-6-11-14-9(4)15-17-11/h7-8,12H,5-6H2,1-4H3,(H,13,16). The van der Waals surface area contributed by atoms with Crippen LogP contribution in [0.1, 0.15) is 32.5 Å². The zero-order chi connectivity index (χ0) is 12.8. The highest BCUT2D eigenvalue weighted by molar-refractivity contribution is 5.78. The zero-order valence-corrected chi connectivity index (χ0v) is 10.8. The molecule has 0 radical (unpaired) electrons. The van der Waals surface area contributed by atoms with E-state index in [-0.39, 0.29) is 18.5 Å². The van der Waals surface area contributed by atoms with Crippen LogP contribution in [0.25, 0.3) is 0 Å². The first-order chi connectivity index (χ1) is 7.99. The monoisotopic (exact) mass is 240 g/mol. The summed E-state index contributed by atoms with van der Waals surface area (Å²) in [5.41, 5.74) is 0. The van der Waals surface area contributed by atoms with Crippen LogP contribution in [-0.4, -0.2) is 28.6 Å². The molecule has 0 aliphatic carbocycles. The van der Waals surface area contributed by atoms with Gasteiger partial charge in [-0.1, -0.05) is 19.0 Å². The Kier molecular flexibility index (Phi) is 5.09. The second kappa shape index (κ2) is 6.34. The van der Waals surface area contributed by atoms with E-state index in [4.69, 9.17) is 4.52 Å². The molecular formula is C11H20N4O2. The summed E-state index contributed by atoms with van der Waals surface area (Å²) in [4.78, 5) is 15.5. The van der Waals surface area contributed by atoms with Crippen LogP contribution in [0.4, 0.5) is 0 Å². The van der Waals surface area contributed by atoms with Gasteiger partial charge in [0.05, 0.1) is 13.1 Å². The summed E-state index contributed by atoms with van der Waals surface area (Å²) in [6.45, 7) is 8.54. The Morgan fingerprint density at radius 3 is 2.65 bits per heavy atom. The second-order valence-corrected chi connectivity index (χ2v) is 4.44. The maximum Gasteiger partial charge on any atom is 0.240 e. The molecule has 17 heavy (non-hydrogen) atoms. The molecule has 0 aliphatic rings. The third-order valence-electron chi connectivity index (χ3n) is 2.52. The number of nitrogens with zero attached hydrogens (tertiary/aromatic N) is 2. The molecule has 6 nitrogen and oxygen atoms in total. The van der Waals surface area contributed by atoms with E-state index in [0.717, 1.165) is 0 Å². The molecule has 0 aliphatic heterocycles. The summed E-state index contributed by atoms with van der Waals surface area (Å²) in [6, 6.07) is 0.176. The van der Waals surface area contributed by atoms with E-state index in [1.54, 1.807) is 6.92 Å². The lowest BCUT2D eigenvalue weighted by atomic mass is 10.1.